The van der Waals surface area contributed by atoms with Crippen LogP contribution in [0.1, 0.15) is 22.1 Å². The summed E-state index contributed by atoms with van der Waals surface area (Å²) in [5, 5.41) is 5.47. The van der Waals surface area contributed by atoms with Crippen molar-refractivity contribution < 1.29 is 22.0 Å². The quantitative estimate of drug-likeness (QED) is 0.610. The highest BCUT2D eigenvalue weighted by Crippen LogP contribution is 2.30. The van der Waals surface area contributed by atoms with Crippen LogP contribution in [0.25, 0.3) is 0 Å². The van der Waals surface area contributed by atoms with E-state index in [-0.39, 0.29) is 16.1 Å². The van der Waals surface area contributed by atoms with E-state index in [1.807, 2.05) is 0 Å². The van der Waals surface area contributed by atoms with Crippen LogP contribution in [0.3, 0.4) is 0 Å². The summed E-state index contributed by atoms with van der Waals surface area (Å²) in [6, 6.07) is 15.5. The number of hydrogen-bond donors (Lipinski definition) is 3. The van der Waals surface area contributed by atoms with E-state index in [9.17, 15) is 22.0 Å². The molecular formula is C20H15F2N3O3S. The number of amides is 1. The molecule has 3 aromatic carbocycles. The van der Waals surface area contributed by atoms with Gasteiger partial charge in [0.05, 0.1) is 11.4 Å². The lowest BCUT2D eigenvalue weighted by atomic mass is 10.1. The first kappa shape index (κ1) is 19.0. The SMILES string of the molecule is O=C(Nc1ccc(F)cc1F)c1ccc([C@@H]2Nc3ccccc3S(=O)(=O)N2)cc1. The number of para-hydroxylation sites is 1. The molecule has 9 heteroatoms. The van der Waals surface area contributed by atoms with E-state index in [1.54, 1.807) is 30.3 Å². The molecule has 1 heterocycles. The first-order valence-corrected chi connectivity index (χ1v) is 10.1. The van der Waals surface area contributed by atoms with E-state index in [2.05, 4.69) is 15.4 Å². The Morgan fingerprint density at radius 1 is 0.966 bits per heavy atom. The summed E-state index contributed by atoms with van der Waals surface area (Å²) in [6.45, 7) is 0. The highest BCUT2D eigenvalue weighted by Gasteiger charge is 2.29. The van der Waals surface area contributed by atoms with Crippen LogP contribution < -0.4 is 15.4 Å². The Morgan fingerprint density at radius 2 is 1.69 bits per heavy atom. The van der Waals surface area contributed by atoms with E-state index in [4.69, 9.17) is 0 Å². The van der Waals surface area contributed by atoms with E-state index in [0.717, 1.165) is 12.1 Å². The normalized spacial score (nSPS) is 17.1. The fourth-order valence-electron chi connectivity index (χ4n) is 2.99. The van der Waals surface area contributed by atoms with Crippen molar-refractivity contribution in [3.63, 3.8) is 0 Å². The maximum atomic E-state index is 13.7. The first-order chi connectivity index (χ1) is 13.8. The average Bonchev–Trinajstić information content (AvgIpc) is 2.69. The topological polar surface area (TPSA) is 87.3 Å². The van der Waals surface area contributed by atoms with Gasteiger partial charge in [-0.25, -0.2) is 17.2 Å². The van der Waals surface area contributed by atoms with Gasteiger partial charge in [-0.05, 0) is 42.0 Å². The summed E-state index contributed by atoms with van der Waals surface area (Å²) >= 11 is 0. The van der Waals surface area contributed by atoms with E-state index in [1.165, 1.54) is 18.2 Å². The van der Waals surface area contributed by atoms with Crippen molar-refractivity contribution in [3.05, 3.63) is 89.5 Å². The van der Waals surface area contributed by atoms with Crippen LogP contribution in [0.2, 0.25) is 0 Å². The number of fused-ring (bicyclic) bond motifs is 1. The second kappa shape index (κ2) is 7.26. The Hall–Kier alpha value is -3.30. The lowest BCUT2D eigenvalue weighted by Crippen LogP contribution is -2.38. The molecule has 4 rings (SSSR count). The average molecular weight is 415 g/mol. The van der Waals surface area contributed by atoms with Crippen molar-refractivity contribution in [1.82, 2.24) is 4.72 Å². The van der Waals surface area contributed by atoms with Crippen molar-refractivity contribution in [2.75, 3.05) is 10.6 Å². The summed E-state index contributed by atoms with van der Waals surface area (Å²) < 4.78 is 54.0. The number of carbonyl (C=O) groups excluding carboxylic acids is 1. The summed E-state index contributed by atoms with van der Waals surface area (Å²) in [4.78, 5) is 12.5. The van der Waals surface area contributed by atoms with Crippen LogP contribution in [-0.4, -0.2) is 14.3 Å². The number of halogens is 2. The molecule has 0 fully saturated rings. The van der Waals surface area contributed by atoms with Crippen LogP contribution in [0.4, 0.5) is 20.2 Å². The number of nitrogens with one attached hydrogen (secondary N) is 3. The zero-order valence-electron chi connectivity index (χ0n) is 14.8. The fourth-order valence-corrected chi connectivity index (χ4v) is 4.29. The van der Waals surface area contributed by atoms with Crippen molar-refractivity contribution in [1.29, 1.82) is 0 Å². The van der Waals surface area contributed by atoms with Gasteiger partial charge in [0.25, 0.3) is 5.91 Å². The number of carbonyl (C=O) groups is 1. The number of sulfonamides is 1. The molecule has 1 aliphatic rings. The molecule has 3 N–H and O–H groups in total. The third-order valence-electron chi connectivity index (χ3n) is 4.43. The van der Waals surface area contributed by atoms with Gasteiger partial charge in [-0.3, -0.25) is 4.79 Å². The Balaban J connectivity index is 1.53. The highest BCUT2D eigenvalue weighted by molar-refractivity contribution is 7.89. The minimum atomic E-state index is -3.68. The molecule has 29 heavy (non-hydrogen) atoms. The zero-order valence-corrected chi connectivity index (χ0v) is 15.6. The van der Waals surface area contributed by atoms with Crippen LogP contribution >= 0.6 is 0 Å². The van der Waals surface area contributed by atoms with Gasteiger partial charge in [0, 0.05) is 11.6 Å². The predicted molar refractivity (Wildman–Crippen MR) is 104 cm³/mol. The monoisotopic (exact) mass is 415 g/mol. The molecular weight excluding hydrogens is 400 g/mol. The van der Waals surface area contributed by atoms with Crippen molar-refractivity contribution in [3.8, 4) is 0 Å². The van der Waals surface area contributed by atoms with Crippen LogP contribution in [0, 0.1) is 11.6 Å². The van der Waals surface area contributed by atoms with Crippen LogP contribution in [0.15, 0.2) is 71.6 Å². The molecule has 0 bridgehead atoms. The number of rotatable bonds is 3. The molecule has 1 aliphatic heterocycles. The second-order valence-electron chi connectivity index (χ2n) is 6.40. The van der Waals surface area contributed by atoms with E-state index in [0.29, 0.717) is 17.3 Å². The van der Waals surface area contributed by atoms with Gasteiger partial charge < -0.3 is 10.6 Å². The minimum Gasteiger partial charge on any atom is -0.364 e. The van der Waals surface area contributed by atoms with Gasteiger partial charge in [-0.2, -0.15) is 4.72 Å². The Bertz CT molecular complexity index is 1200. The van der Waals surface area contributed by atoms with Crippen LogP contribution in [0.5, 0.6) is 0 Å². The lowest BCUT2D eigenvalue weighted by Gasteiger charge is -2.28. The Morgan fingerprint density at radius 3 is 2.41 bits per heavy atom. The number of anilines is 2. The lowest BCUT2D eigenvalue weighted by molar-refractivity contribution is 0.102. The van der Waals surface area contributed by atoms with Crippen LogP contribution in [-0.2, 0) is 10.0 Å². The van der Waals surface area contributed by atoms with Gasteiger partial charge in [-0.1, -0.05) is 24.3 Å². The van der Waals surface area contributed by atoms with Gasteiger partial charge in [-0.15, -0.1) is 0 Å². The molecule has 0 saturated carbocycles. The second-order valence-corrected chi connectivity index (χ2v) is 8.08. The van der Waals surface area contributed by atoms with Crippen molar-refractivity contribution in [2.24, 2.45) is 0 Å². The van der Waals surface area contributed by atoms with Gasteiger partial charge in [0.2, 0.25) is 10.0 Å². The highest BCUT2D eigenvalue weighted by atomic mass is 32.2. The summed E-state index contributed by atoms with van der Waals surface area (Å²) in [6.07, 6.45) is -0.707. The fraction of sp³-hybridized carbons (Fsp3) is 0.0500. The minimum absolute atomic E-state index is 0.140. The molecule has 3 aromatic rings. The number of benzene rings is 3. The van der Waals surface area contributed by atoms with E-state index < -0.39 is 33.7 Å². The van der Waals surface area contributed by atoms with Gasteiger partial charge in [0.1, 0.15) is 22.7 Å². The molecule has 1 atom stereocenters. The summed E-state index contributed by atoms with van der Waals surface area (Å²) in [5.74, 6) is -2.20. The molecule has 1 amide bonds. The molecule has 6 nitrogen and oxygen atoms in total. The largest absolute Gasteiger partial charge is 0.364 e. The predicted octanol–water partition coefficient (Wildman–Crippen LogP) is 3.62. The molecule has 0 radical (unpaired) electrons. The molecule has 148 valence electrons. The maximum Gasteiger partial charge on any atom is 0.255 e. The first-order valence-electron chi connectivity index (χ1n) is 8.58. The summed E-state index contributed by atoms with van der Waals surface area (Å²) in [7, 11) is -3.68. The maximum absolute atomic E-state index is 13.7. The molecule has 0 spiro atoms. The Kier molecular flexibility index (Phi) is 4.77. The zero-order chi connectivity index (χ0) is 20.6. The standard InChI is InChI=1S/C20H15F2N3O3S/c21-14-9-10-16(15(22)11-14)24-20(26)13-7-5-12(6-8-13)19-23-17-3-1-2-4-18(17)29(27,28)25-19/h1-11,19,23,25H,(H,24,26)/t19-/m1/s1. The van der Waals surface area contributed by atoms with E-state index >= 15 is 0 Å². The molecule has 0 saturated heterocycles. The van der Waals surface area contributed by atoms with Crippen molar-refractivity contribution >= 4 is 27.3 Å². The Labute approximate surface area is 165 Å². The third-order valence-corrected chi connectivity index (χ3v) is 5.92. The van der Waals surface area contributed by atoms with Gasteiger partial charge >= 0.3 is 0 Å². The molecule has 0 aromatic heterocycles. The number of hydrogen-bond acceptors (Lipinski definition) is 4. The van der Waals surface area contributed by atoms with Crippen molar-refractivity contribution in [2.45, 2.75) is 11.1 Å². The molecule has 0 aliphatic carbocycles. The third kappa shape index (κ3) is 3.82. The van der Waals surface area contributed by atoms with Gasteiger partial charge in [0.15, 0.2) is 0 Å². The summed E-state index contributed by atoms with van der Waals surface area (Å²) in [5.41, 5.74) is 1.16. The molecule has 0 unspecified atom stereocenters. The smallest absolute Gasteiger partial charge is 0.255 e.